The van der Waals surface area contributed by atoms with E-state index in [9.17, 15) is 0 Å². The van der Waals surface area contributed by atoms with Crippen molar-refractivity contribution in [1.29, 1.82) is 0 Å². The van der Waals surface area contributed by atoms with Gasteiger partial charge in [-0.1, -0.05) is 0 Å². The standard InChI is InChI=1S/C11H13BrN2S/c1-14-5-2-3-9(14)7-13-8-11-10(12)4-6-15-11/h2-6,13H,7-8H2,1H3. The molecule has 2 nitrogen and oxygen atoms in total. The zero-order valence-electron chi connectivity index (χ0n) is 8.53. The van der Waals surface area contributed by atoms with Crippen LogP contribution in [0.1, 0.15) is 10.6 Å². The van der Waals surface area contributed by atoms with Crippen LogP contribution in [0.4, 0.5) is 0 Å². The summed E-state index contributed by atoms with van der Waals surface area (Å²) in [5.74, 6) is 0. The van der Waals surface area contributed by atoms with Crippen LogP contribution in [0.2, 0.25) is 0 Å². The molecule has 2 aromatic heterocycles. The van der Waals surface area contributed by atoms with E-state index in [0.717, 1.165) is 13.1 Å². The molecule has 0 unspecified atom stereocenters. The monoisotopic (exact) mass is 284 g/mol. The van der Waals surface area contributed by atoms with Crippen molar-refractivity contribution < 1.29 is 0 Å². The molecule has 15 heavy (non-hydrogen) atoms. The Morgan fingerprint density at radius 2 is 2.27 bits per heavy atom. The van der Waals surface area contributed by atoms with Crippen LogP contribution in [-0.4, -0.2) is 4.57 Å². The number of hydrogen-bond donors (Lipinski definition) is 1. The third-order valence-electron chi connectivity index (χ3n) is 2.33. The molecule has 2 aromatic rings. The van der Waals surface area contributed by atoms with Crippen LogP contribution < -0.4 is 5.32 Å². The fourth-order valence-electron chi connectivity index (χ4n) is 1.44. The minimum absolute atomic E-state index is 0.911. The summed E-state index contributed by atoms with van der Waals surface area (Å²) in [7, 11) is 2.07. The first kappa shape index (κ1) is 10.9. The molecule has 0 amide bonds. The van der Waals surface area contributed by atoms with Crippen LogP contribution in [0, 0.1) is 0 Å². The maximum Gasteiger partial charge on any atom is 0.0362 e. The Balaban J connectivity index is 1.86. The average molecular weight is 285 g/mol. The molecule has 0 aliphatic heterocycles. The first-order chi connectivity index (χ1) is 7.27. The van der Waals surface area contributed by atoms with Gasteiger partial charge in [0.05, 0.1) is 0 Å². The van der Waals surface area contributed by atoms with Crippen molar-refractivity contribution >= 4 is 27.3 Å². The quantitative estimate of drug-likeness (QED) is 0.913. The predicted octanol–water partition coefficient (Wildman–Crippen LogP) is 3.14. The summed E-state index contributed by atoms with van der Waals surface area (Å²) in [5, 5.41) is 5.53. The van der Waals surface area contributed by atoms with Gasteiger partial charge < -0.3 is 9.88 Å². The van der Waals surface area contributed by atoms with Crippen molar-refractivity contribution in [2.45, 2.75) is 13.1 Å². The number of halogens is 1. The molecule has 0 aliphatic carbocycles. The van der Waals surface area contributed by atoms with Gasteiger partial charge in [-0.3, -0.25) is 0 Å². The highest BCUT2D eigenvalue weighted by atomic mass is 79.9. The van der Waals surface area contributed by atoms with E-state index in [-0.39, 0.29) is 0 Å². The molecule has 0 fully saturated rings. The molecule has 2 rings (SSSR count). The Bertz CT molecular complexity index is 393. The average Bonchev–Trinajstić information content (AvgIpc) is 2.78. The molecule has 0 radical (unpaired) electrons. The zero-order valence-corrected chi connectivity index (χ0v) is 10.9. The SMILES string of the molecule is Cn1cccc1CNCc1sccc1Br. The lowest BCUT2D eigenvalue weighted by Gasteiger charge is -2.05. The summed E-state index contributed by atoms with van der Waals surface area (Å²) in [4.78, 5) is 1.35. The Labute approximate surface area is 102 Å². The fourth-order valence-corrected chi connectivity index (χ4v) is 2.90. The second-order valence-corrected chi connectivity index (χ2v) is 5.26. The lowest BCUT2D eigenvalue weighted by molar-refractivity contribution is 0.659. The van der Waals surface area contributed by atoms with Gasteiger partial charge in [-0.05, 0) is 39.5 Å². The maximum absolute atomic E-state index is 3.52. The molecule has 4 heteroatoms. The van der Waals surface area contributed by atoms with Gasteiger partial charge in [0.2, 0.25) is 0 Å². The number of aryl methyl sites for hydroxylation is 1. The van der Waals surface area contributed by atoms with Gasteiger partial charge in [-0.15, -0.1) is 11.3 Å². The second kappa shape index (κ2) is 4.96. The highest BCUT2D eigenvalue weighted by molar-refractivity contribution is 9.10. The van der Waals surface area contributed by atoms with Crippen molar-refractivity contribution in [3.8, 4) is 0 Å². The van der Waals surface area contributed by atoms with Crippen LogP contribution in [0.15, 0.2) is 34.2 Å². The van der Waals surface area contributed by atoms with Crippen LogP contribution >= 0.6 is 27.3 Å². The van der Waals surface area contributed by atoms with Crippen LogP contribution in [0.3, 0.4) is 0 Å². The predicted molar refractivity (Wildman–Crippen MR) is 68.0 cm³/mol. The third-order valence-corrected chi connectivity index (χ3v) is 4.26. The first-order valence-electron chi connectivity index (χ1n) is 4.80. The van der Waals surface area contributed by atoms with Gasteiger partial charge >= 0.3 is 0 Å². The van der Waals surface area contributed by atoms with E-state index < -0.39 is 0 Å². The molecule has 1 N–H and O–H groups in total. The Kier molecular flexibility index (Phi) is 3.61. The van der Waals surface area contributed by atoms with E-state index in [1.165, 1.54) is 15.0 Å². The minimum Gasteiger partial charge on any atom is -0.353 e. The van der Waals surface area contributed by atoms with Gasteiger partial charge in [0.25, 0.3) is 0 Å². The van der Waals surface area contributed by atoms with E-state index in [1.807, 2.05) is 0 Å². The van der Waals surface area contributed by atoms with Gasteiger partial charge in [0.15, 0.2) is 0 Å². The number of hydrogen-bond acceptors (Lipinski definition) is 2. The van der Waals surface area contributed by atoms with E-state index >= 15 is 0 Å². The molecule has 0 spiro atoms. The Morgan fingerprint density at radius 1 is 1.40 bits per heavy atom. The van der Waals surface area contributed by atoms with Crippen molar-refractivity contribution in [2.24, 2.45) is 7.05 Å². The van der Waals surface area contributed by atoms with E-state index in [2.05, 4.69) is 62.6 Å². The third kappa shape index (κ3) is 2.71. The van der Waals surface area contributed by atoms with Gasteiger partial charge in [0, 0.05) is 41.4 Å². The van der Waals surface area contributed by atoms with Gasteiger partial charge in [-0.2, -0.15) is 0 Å². The van der Waals surface area contributed by atoms with Crippen LogP contribution in [-0.2, 0) is 20.1 Å². The summed E-state index contributed by atoms with van der Waals surface area (Å²) >= 11 is 5.30. The molecule has 0 aromatic carbocycles. The van der Waals surface area contributed by atoms with Crippen molar-refractivity contribution in [1.82, 2.24) is 9.88 Å². The van der Waals surface area contributed by atoms with Gasteiger partial charge in [0.1, 0.15) is 0 Å². The van der Waals surface area contributed by atoms with Crippen molar-refractivity contribution in [3.05, 3.63) is 44.8 Å². The Morgan fingerprint density at radius 3 is 2.87 bits per heavy atom. The van der Waals surface area contributed by atoms with Crippen molar-refractivity contribution in [3.63, 3.8) is 0 Å². The summed E-state index contributed by atoms with van der Waals surface area (Å²) in [6, 6.07) is 6.29. The summed E-state index contributed by atoms with van der Waals surface area (Å²) in [6.45, 7) is 1.83. The van der Waals surface area contributed by atoms with Crippen LogP contribution in [0.25, 0.3) is 0 Å². The Hall–Kier alpha value is -0.580. The summed E-state index contributed by atoms with van der Waals surface area (Å²) in [5.41, 5.74) is 1.31. The highest BCUT2D eigenvalue weighted by Gasteiger charge is 2.01. The number of nitrogens with one attached hydrogen (secondary N) is 1. The number of nitrogens with zero attached hydrogens (tertiary/aromatic N) is 1. The molecule has 0 saturated heterocycles. The molecule has 2 heterocycles. The number of rotatable bonds is 4. The van der Waals surface area contributed by atoms with Gasteiger partial charge in [-0.25, -0.2) is 0 Å². The van der Waals surface area contributed by atoms with E-state index in [1.54, 1.807) is 11.3 Å². The lowest BCUT2D eigenvalue weighted by atomic mass is 10.4. The van der Waals surface area contributed by atoms with Crippen molar-refractivity contribution in [2.75, 3.05) is 0 Å². The summed E-state index contributed by atoms with van der Waals surface area (Å²) in [6.07, 6.45) is 2.07. The molecule has 0 bridgehead atoms. The highest BCUT2D eigenvalue weighted by Crippen LogP contribution is 2.22. The largest absolute Gasteiger partial charge is 0.353 e. The number of thiophene rings is 1. The molecule has 0 saturated carbocycles. The van der Waals surface area contributed by atoms with E-state index in [4.69, 9.17) is 0 Å². The second-order valence-electron chi connectivity index (χ2n) is 3.41. The molecule has 80 valence electrons. The molecular weight excluding hydrogens is 272 g/mol. The zero-order chi connectivity index (χ0) is 10.7. The first-order valence-corrected chi connectivity index (χ1v) is 6.47. The normalized spacial score (nSPS) is 10.8. The topological polar surface area (TPSA) is 17.0 Å². The molecular formula is C11H13BrN2S. The maximum atomic E-state index is 3.52. The molecule has 0 aliphatic rings. The summed E-state index contributed by atoms with van der Waals surface area (Å²) < 4.78 is 3.34. The van der Waals surface area contributed by atoms with Crippen LogP contribution in [0.5, 0.6) is 0 Å². The smallest absolute Gasteiger partial charge is 0.0362 e. The van der Waals surface area contributed by atoms with E-state index in [0.29, 0.717) is 0 Å². The lowest BCUT2D eigenvalue weighted by Crippen LogP contribution is -2.14. The number of aromatic nitrogens is 1. The molecule has 0 atom stereocenters. The fraction of sp³-hybridized carbons (Fsp3) is 0.273. The minimum atomic E-state index is 0.911.